The Morgan fingerprint density at radius 3 is 1.95 bits per heavy atom. The maximum atomic E-state index is 11.2. The summed E-state index contributed by atoms with van der Waals surface area (Å²) in [6.07, 6.45) is 7.01. The van der Waals surface area contributed by atoms with Gasteiger partial charge in [0.15, 0.2) is 9.84 Å². The minimum atomic E-state index is -2.75. The van der Waals surface area contributed by atoms with Gasteiger partial charge in [0, 0.05) is 19.6 Å². The second-order valence-electron chi connectivity index (χ2n) is 5.97. The van der Waals surface area contributed by atoms with Crippen LogP contribution in [0.3, 0.4) is 0 Å². The summed E-state index contributed by atoms with van der Waals surface area (Å²) in [4.78, 5) is 2.19. The van der Waals surface area contributed by atoms with Crippen LogP contribution in [0.15, 0.2) is 30.3 Å². The molecule has 1 saturated heterocycles. The number of nitrogens with zero attached hydrogens (tertiary/aromatic N) is 1. The fourth-order valence-electron chi connectivity index (χ4n) is 2.43. The Morgan fingerprint density at radius 1 is 0.909 bits per heavy atom. The molecule has 0 amide bonds. The molecule has 1 heterocycles. The molecule has 0 aromatic heterocycles. The number of unbranched alkanes of at least 4 members (excludes halogenated alkanes) is 4. The molecule has 2 rings (SSSR count). The lowest BCUT2D eigenvalue weighted by Crippen LogP contribution is -2.39. The number of sulfone groups is 1. The van der Waals surface area contributed by atoms with E-state index in [4.69, 9.17) is 0 Å². The van der Waals surface area contributed by atoms with Crippen LogP contribution in [-0.2, 0) is 16.4 Å². The van der Waals surface area contributed by atoms with Crippen LogP contribution in [0, 0.1) is 0 Å². The monoisotopic (exact) mass is 325 g/mol. The van der Waals surface area contributed by atoms with Crippen molar-refractivity contribution in [2.24, 2.45) is 0 Å². The van der Waals surface area contributed by atoms with Gasteiger partial charge >= 0.3 is 0 Å². The zero-order chi connectivity index (χ0) is 16.3. The standard InChI is InChI=1S/C11H15NO2S.C7H16/c13-15(14)8-6-12(7-9-15)10-11-4-2-1-3-5-11;1-3-5-7-6-4-2/h1-5H,6-10H2;3-7H2,1-2H3. The molecule has 1 aliphatic heterocycles. The van der Waals surface area contributed by atoms with Crippen LogP contribution in [0.2, 0.25) is 0 Å². The largest absolute Gasteiger partial charge is 0.297 e. The third-order valence-corrected chi connectivity index (χ3v) is 5.50. The van der Waals surface area contributed by atoms with Crippen LogP contribution in [0.5, 0.6) is 0 Å². The van der Waals surface area contributed by atoms with E-state index in [0.29, 0.717) is 24.6 Å². The predicted octanol–water partition coefficient (Wildman–Crippen LogP) is 3.89. The van der Waals surface area contributed by atoms with E-state index in [1.165, 1.54) is 37.7 Å². The highest BCUT2D eigenvalue weighted by Gasteiger charge is 2.21. The van der Waals surface area contributed by atoms with Gasteiger partial charge < -0.3 is 0 Å². The third-order valence-electron chi connectivity index (χ3n) is 3.89. The summed E-state index contributed by atoms with van der Waals surface area (Å²) in [6.45, 7) is 6.68. The Bertz CT molecular complexity index is 467. The lowest BCUT2D eigenvalue weighted by Gasteiger charge is -2.26. The molecule has 0 bridgehead atoms. The predicted molar refractivity (Wildman–Crippen MR) is 94.8 cm³/mol. The summed E-state index contributed by atoms with van der Waals surface area (Å²) >= 11 is 0. The van der Waals surface area contributed by atoms with Crippen LogP contribution in [0.4, 0.5) is 0 Å². The first-order valence-electron chi connectivity index (χ1n) is 8.54. The van der Waals surface area contributed by atoms with Crippen molar-refractivity contribution < 1.29 is 8.42 Å². The van der Waals surface area contributed by atoms with Gasteiger partial charge in [0.2, 0.25) is 0 Å². The molecule has 4 heteroatoms. The second-order valence-corrected chi connectivity index (χ2v) is 8.28. The number of benzene rings is 1. The van der Waals surface area contributed by atoms with Gasteiger partial charge in [-0.05, 0) is 5.56 Å². The summed E-state index contributed by atoms with van der Waals surface area (Å²) in [5.74, 6) is 0.611. The summed E-state index contributed by atoms with van der Waals surface area (Å²) in [5, 5.41) is 0. The molecule has 0 radical (unpaired) electrons. The highest BCUT2D eigenvalue weighted by molar-refractivity contribution is 7.91. The molecule has 0 spiro atoms. The van der Waals surface area contributed by atoms with E-state index in [1.807, 2.05) is 18.2 Å². The highest BCUT2D eigenvalue weighted by Crippen LogP contribution is 2.09. The summed E-state index contributed by atoms with van der Waals surface area (Å²) in [5.41, 5.74) is 1.25. The van der Waals surface area contributed by atoms with Crippen molar-refractivity contribution in [1.29, 1.82) is 0 Å². The number of hydrogen-bond donors (Lipinski definition) is 0. The summed E-state index contributed by atoms with van der Waals surface area (Å²) in [6, 6.07) is 10.2. The molecule has 1 aromatic rings. The van der Waals surface area contributed by atoms with Crippen LogP contribution in [0.1, 0.15) is 51.5 Å². The molecule has 22 heavy (non-hydrogen) atoms. The Kier molecular flexibility index (Phi) is 9.41. The van der Waals surface area contributed by atoms with Gasteiger partial charge in [-0.2, -0.15) is 0 Å². The summed E-state index contributed by atoms with van der Waals surface area (Å²) < 4.78 is 22.4. The maximum Gasteiger partial charge on any atom is 0.152 e. The van der Waals surface area contributed by atoms with Crippen molar-refractivity contribution in [2.75, 3.05) is 24.6 Å². The molecule has 1 fully saturated rings. The van der Waals surface area contributed by atoms with Crippen molar-refractivity contribution in [2.45, 2.75) is 52.5 Å². The zero-order valence-electron chi connectivity index (χ0n) is 14.1. The molecule has 0 atom stereocenters. The highest BCUT2D eigenvalue weighted by atomic mass is 32.2. The first-order chi connectivity index (χ1) is 10.6. The Balaban J connectivity index is 0.000000295. The first-order valence-corrected chi connectivity index (χ1v) is 10.4. The molecule has 1 aromatic carbocycles. The smallest absolute Gasteiger partial charge is 0.152 e. The Morgan fingerprint density at radius 2 is 1.45 bits per heavy atom. The van der Waals surface area contributed by atoms with Gasteiger partial charge in [-0.25, -0.2) is 8.42 Å². The molecule has 0 aliphatic carbocycles. The van der Waals surface area contributed by atoms with E-state index in [-0.39, 0.29) is 0 Å². The molecular formula is C18H31NO2S. The molecule has 3 nitrogen and oxygen atoms in total. The normalized spacial score (nSPS) is 17.5. The van der Waals surface area contributed by atoms with E-state index in [2.05, 4.69) is 30.9 Å². The van der Waals surface area contributed by atoms with Gasteiger partial charge in [0.25, 0.3) is 0 Å². The van der Waals surface area contributed by atoms with Gasteiger partial charge in [-0.1, -0.05) is 76.3 Å². The zero-order valence-corrected chi connectivity index (χ0v) is 14.9. The first kappa shape index (κ1) is 19.2. The maximum absolute atomic E-state index is 11.2. The van der Waals surface area contributed by atoms with Crippen molar-refractivity contribution in [3.8, 4) is 0 Å². The van der Waals surface area contributed by atoms with E-state index in [1.54, 1.807) is 0 Å². The molecule has 0 saturated carbocycles. The van der Waals surface area contributed by atoms with Crippen molar-refractivity contribution >= 4 is 9.84 Å². The van der Waals surface area contributed by atoms with Crippen LogP contribution < -0.4 is 0 Å². The van der Waals surface area contributed by atoms with E-state index < -0.39 is 9.84 Å². The lowest BCUT2D eigenvalue weighted by atomic mass is 10.2. The Hall–Kier alpha value is -0.870. The van der Waals surface area contributed by atoms with E-state index >= 15 is 0 Å². The van der Waals surface area contributed by atoms with Crippen molar-refractivity contribution in [3.05, 3.63) is 35.9 Å². The van der Waals surface area contributed by atoms with Crippen LogP contribution in [0.25, 0.3) is 0 Å². The molecule has 126 valence electrons. The molecule has 0 N–H and O–H groups in total. The number of hydrogen-bond acceptors (Lipinski definition) is 3. The quantitative estimate of drug-likeness (QED) is 0.745. The third kappa shape index (κ3) is 8.54. The second kappa shape index (κ2) is 10.8. The van der Waals surface area contributed by atoms with Crippen molar-refractivity contribution in [1.82, 2.24) is 4.90 Å². The topological polar surface area (TPSA) is 37.4 Å². The van der Waals surface area contributed by atoms with Crippen LogP contribution >= 0.6 is 0 Å². The molecule has 1 aliphatic rings. The van der Waals surface area contributed by atoms with Gasteiger partial charge in [0.05, 0.1) is 11.5 Å². The molecule has 0 unspecified atom stereocenters. The fraction of sp³-hybridized carbons (Fsp3) is 0.667. The van der Waals surface area contributed by atoms with Gasteiger partial charge in [-0.3, -0.25) is 4.90 Å². The Labute approximate surface area is 136 Å². The minimum Gasteiger partial charge on any atom is -0.297 e. The fourth-order valence-corrected chi connectivity index (χ4v) is 3.70. The van der Waals surface area contributed by atoms with Crippen molar-refractivity contribution in [3.63, 3.8) is 0 Å². The minimum absolute atomic E-state index is 0.305. The van der Waals surface area contributed by atoms with Gasteiger partial charge in [-0.15, -0.1) is 0 Å². The average molecular weight is 326 g/mol. The SMILES string of the molecule is CCCCCCC.O=S1(=O)CCN(Cc2ccccc2)CC1. The van der Waals surface area contributed by atoms with E-state index in [0.717, 1.165) is 6.54 Å². The molecular weight excluding hydrogens is 294 g/mol. The van der Waals surface area contributed by atoms with Crippen LogP contribution in [-0.4, -0.2) is 37.9 Å². The van der Waals surface area contributed by atoms with Gasteiger partial charge in [0.1, 0.15) is 0 Å². The number of rotatable bonds is 6. The lowest BCUT2D eigenvalue weighted by molar-refractivity contribution is 0.287. The summed E-state index contributed by atoms with van der Waals surface area (Å²) in [7, 11) is -2.75. The van der Waals surface area contributed by atoms with E-state index in [9.17, 15) is 8.42 Å². The average Bonchev–Trinajstić information content (AvgIpc) is 2.52.